The number of carbonyl (C=O) groups is 3. The molecule has 0 bridgehead atoms. The largest absolute Gasteiger partial charge is 0.481 e. The third kappa shape index (κ3) is 22.8. The predicted molar refractivity (Wildman–Crippen MR) is 163 cm³/mol. The van der Waals surface area contributed by atoms with Crippen LogP contribution in [-0.2, 0) is 14.4 Å². The molecule has 4 atom stereocenters. The van der Waals surface area contributed by atoms with E-state index in [9.17, 15) is 39.9 Å². The maximum Gasteiger partial charge on any atom is 0.310 e. The van der Waals surface area contributed by atoms with Crippen molar-refractivity contribution < 1.29 is 50.1 Å². The second-order valence-electron chi connectivity index (χ2n) is 11.7. The van der Waals surface area contributed by atoms with E-state index in [1.54, 1.807) is 0 Å². The van der Waals surface area contributed by atoms with Crippen LogP contribution >= 0.6 is 0 Å². The Morgan fingerprint density at radius 3 is 1.45 bits per heavy atom. The summed E-state index contributed by atoms with van der Waals surface area (Å²) in [6.45, 7) is 3.36. The molecule has 10 nitrogen and oxygen atoms in total. The first kappa shape index (κ1) is 42.4. The molecule has 0 spiro atoms. The standard InChI is InChI=1S/C22H44O6.C10H18O4/c1-3-5-7-9-10-12-18(14-19(25)16-23)22(21(27)28,15-20(26)17-24)13-11-8-6-4-2;11-9(12)7-5-3-1-2-4-6-8-10(13)14/h18-20,23-26H,3-17H2,1-2H3,(H,27,28);1-8H2,(H,11,12)(H,13,14). The molecule has 0 aliphatic heterocycles. The molecule has 0 aliphatic carbocycles. The van der Waals surface area contributed by atoms with Crippen molar-refractivity contribution in [1.82, 2.24) is 0 Å². The van der Waals surface area contributed by atoms with Crippen LogP contribution < -0.4 is 0 Å². The Labute approximate surface area is 253 Å². The lowest BCUT2D eigenvalue weighted by Gasteiger charge is -2.40. The number of carboxylic acid groups (broad SMARTS) is 3. The lowest BCUT2D eigenvalue weighted by molar-refractivity contribution is -0.158. The Balaban J connectivity index is 0. The zero-order valence-electron chi connectivity index (χ0n) is 26.4. The Morgan fingerprint density at radius 2 is 1.02 bits per heavy atom. The van der Waals surface area contributed by atoms with Gasteiger partial charge in [-0.05, 0) is 44.4 Å². The average Bonchev–Trinajstić information content (AvgIpc) is 2.94. The highest BCUT2D eigenvalue weighted by molar-refractivity contribution is 5.75. The van der Waals surface area contributed by atoms with Crippen molar-refractivity contribution >= 4 is 17.9 Å². The summed E-state index contributed by atoms with van der Waals surface area (Å²) < 4.78 is 0. The van der Waals surface area contributed by atoms with Gasteiger partial charge in [0.05, 0.1) is 30.8 Å². The number of aliphatic carboxylic acids is 3. The molecule has 250 valence electrons. The van der Waals surface area contributed by atoms with E-state index in [-0.39, 0.29) is 31.6 Å². The molecule has 4 unspecified atom stereocenters. The Kier molecular flexibility index (Phi) is 28.3. The number of carboxylic acids is 3. The number of aliphatic hydroxyl groups excluding tert-OH is 4. The number of unbranched alkanes of at least 4 members (excludes halogenated alkanes) is 12. The highest BCUT2D eigenvalue weighted by Crippen LogP contribution is 2.44. The monoisotopic (exact) mass is 606 g/mol. The third-order valence-electron chi connectivity index (χ3n) is 7.95. The fraction of sp³-hybridized carbons (Fsp3) is 0.906. The van der Waals surface area contributed by atoms with Gasteiger partial charge in [-0.25, -0.2) is 0 Å². The van der Waals surface area contributed by atoms with Crippen molar-refractivity contribution in [1.29, 1.82) is 0 Å². The van der Waals surface area contributed by atoms with Crippen molar-refractivity contribution in [3.63, 3.8) is 0 Å². The van der Waals surface area contributed by atoms with Gasteiger partial charge in [-0.15, -0.1) is 0 Å². The third-order valence-corrected chi connectivity index (χ3v) is 7.95. The second kappa shape index (κ2) is 28.0. The van der Waals surface area contributed by atoms with Gasteiger partial charge in [0.1, 0.15) is 0 Å². The number of hydrogen-bond acceptors (Lipinski definition) is 7. The molecule has 0 aromatic heterocycles. The van der Waals surface area contributed by atoms with Crippen LogP contribution in [0.25, 0.3) is 0 Å². The van der Waals surface area contributed by atoms with E-state index in [2.05, 4.69) is 13.8 Å². The lowest BCUT2D eigenvalue weighted by atomic mass is 9.64. The topological polar surface area (TPSA) is 193 Å². The van der Waals surface area contributed by atoms with Crippen molar-refractivity contribution in [3.05, 3.63) is 0 Å². The van der Waals surface area contributed by atoms with Gasteiger partial charge in [0.25, 0.3) is 0 Å². The summed E-state index contributed by atoms with van der Waals surface area (Å²) in [5.41, 5.74) is -1.20. The number of rotatable bonds is 28. The van der Waals surface area contributed by atoms with Gasteiger partial charge in [-0.3, -0.25) is 14.4 Å². The lowest BCUT2D eigenvalue weighted by Crippen LogP contribution is -2.44. The Morgan fingerprint density at radius 1 is 0.595 bits per heavy atom. The fourth-order valence-corrected chi connectivity index (χ4v) is 5.47. The Hall–Kier alpha value is -1.75. The van der Waals surface area contributed by atoms with Crippen LogP contribution in [0.3, 0.4) is 0 Å². The smallest absolute Gasteiger partial charge is 0.310 e. The molecule has 10 heteroatoms. The molecule has 7 N–H and O–H groups in total. The van der Waals surface area contributed by atoms with Crippen molar-refractivity contribution in [3.8, 4) is 0 Å². The van der Waals surface area contributed by atoms with Gasteiger partial charge in [-0.2, -0.15) is 0 Å². The molecule has 0 saturated heterocycles. The van der Waals surface area contributed by atoms with Crippen LogP contribution in [0.2, 0.25) is 0 Å². The molecule has 0 heterocycles. The van der Waals surface area contributed by atoms with Gasteiger partial charge < -0.3 is 35.7 Å². The minimum absolute atomic E-state index is 0.0251. The van der Waals surface area contributed by atoms with Crippen LogP contribution in [0.15, 0.2) is 0 Å². The normalized spacial score (nSPS) is 14.7. The summed E-state index contributed by atoms with van der Waals surface area (Å²) in [7, 11) is 0. The highest BCUT2D eigenvalue weighted by atomic mass is 16.4. The van der Waals surface area contributed by atoms with E-state index in [4.69, 9.17) is 10.2 Å². The predicted octanol–water partition coefficient (Wildman–Crippen LogP) is 5.77. The molecule has 42 heavy (non-hydrogen) atoms. The average molecular weight is 607 g/mol. The van der Waals surface area contributed by atoms with Crippen LogP contribution in [0.4, 0.5) is 0 Å². The summed E-state index contributed by atoms with van der Waals surface area (Å²) in [6.07, 6.45) is 14.0. The van der Waals surface area contributed by atoms with E-state index >= 15 is 0 Å². The maximum atomic E-state index is 12.4. The first-order chi connectivity index (χ1) is 20.0. The van der Waals surface area contributed by atoms with Crippen LogP contribution in [-0.4, -0.2) is 79.1 Å². The van der Waals surface area contributed by atoms with Crippen LogP contribution in [0, 0.1) is 11.3 Å². The molecule has 0 aliphatic rings. The minimum Gasteiger partial charge on any atom is -0.481 e. The molecule has 0 rings (SSSR count). The molecular formula is C32H62O10. The minimum atomic E-state index is -1.20. The molecular weight excluding hydrogens is 544 g/mol. The van der Waals surface area contributed by atoms with Gasteiger partial charge in [-0.1, -0.05) is 97.3 Å². The van der Waals surface area contributed by atoms with Crippen LogP contribution in [0.1, 0.15) is 149 Å². The zero-order valence-corrected chi connectivity index (χ0v) is 26.4. The van der Waals surface area contributed by atoms with Gasteiger partial charge in [0.2, 0.25) is 0 Å². The molecule has 0 radical (unpaired) electrons. The summed E-state index contributed by atoms with van der Waals surface area (Å²) in [4.78, 5) is 32.7. The highest BCUT2D eigenvalue weighted by Gasteiger charge is 2.46. The fourth-order valence-electron chi connectivity index (χ4n) is 5.47. The van der Waals surface area contributed by atoms with E-state index in [0.717, 1.165) is 96.3 Å². The van der Waals surface area contributed by atoms with Gasteiger partial charge in [0, 0.05) is 12.8 Å². The van der Waals surface area contributed by atoms with E-state index in [0.29, 0.717) is 12.8 Å². The zero-order chi connectivity index (χ0) is 32.2. The summed E-state index contributed by atoms with van der Waals surface area (Å²) >= 11 is 0. The number of hydrogen-bond donors (Lipinski definition) is 7. The molecule has 0 aromatic carbocycles. The Bertz CT molecular complexity index is 652. The van der Waals surface area contributed by atoms with E-state index in [1.807, 2.05) is 0 Å². The molecule has 0 fully saturated rings. The first-order valence-corrected chi connectivity index (χ1v) is 16.2. The first-order valence-electron chi connectivity index (χ1n) is 16.2. The summed E-state index contributed by atoms with van der Waals surface area (Å²) in [5.74, 6) is -2.80. The van der Waals surface area contributed by atoms with E-state index < -0.39 is 48.7 Å². The van der Waals surface area contributed by atoms with Crippen molar-refractivity contribution in [2.75, 3.05) is 13.2 Å². The van der Waals surface area contributed by atoms with Gasteiger partial charge in [0.15, 0.2) is 0 Å². The van der Waals surface area contributed by atoms with Crippen molar-refractivity contribution in [2.24, 2.45) is 11.3 Å². The quantitative estimate of drug-likeness (QED) is 0.0538. The molecule has 0 saturated carbocycles. The maximum absolute atomic E-state index is 12.4. The van der Waals surface area contributed by atoms with Gasteiger partial charge >= 0.3 is 17.9 Å². The summed E-state index contributed by atoms with van der Waals surface area (Å²) in [5, 5.41) is 65.7. The molecule has 0 aromatic rings. The summed E-state index contributed by atoms with van der Waals surface area (Å²) in [6, 6.07) is 0. The van der Waals surface area contributed by atoms with Crippen LogP contribution in [0.5, 0.6) is 0 Å². The van der Waals surface area contributed by atoms with E-state index in [1.165, 1.54) is 0 Å². The SMILES string of the molecule is CCCCCCCC(CC(O)CO)C(CCCCCC)(CC(O)CO)C(=O)O.O=C(O)CCCCCCCCC(=O)O. The van der Waals surface area contributed by atoms with Crippen molar-refractivity contribution in [2.45, 2.75) is 161 Å². The molecule has 0 amide bonds. The second-order valence-corrected chi connectivity index (χ2v) is 11.7. The number of aliphatic hydroxyl groups is 4.